The first kappa shape index (κ1) is 11.3. The van der Waals surface area contributed by atoms with Gasteiger partial charge in [-0.05, 0) is 26.0 Å². The number of anilines is 1. The molecule has 0 radical (unpaired) electrons. The maximum atomic E-state index is 7.34. The molecular weight excluding hydrogens is 188 g/mol. The van der Waals surface area contributed by atoms with E-state index < -0.39 is 0 Å². The fourth-order valence-electron chi connectivity index (χ4n) is 1.07. The molecule has 0 saturated carbocycles. The summed E-state index contributed by atoms with van der Waals surface area (Å²) in [5.41, 5.74) is 2.23. The number of ether oxygens (including phenoxy) is 1. The fraction of sp³-hybridized carbons (Fsp3) is 0.250. The topological polar surface area (TPSA) is 45.1 Å². The van der Waals surface area contributed by atoms with Crippen molar-refractivity contribution in [3.05, 3.63) is 42.1 Å². The summed E-state index contributed by atoms with van der Waals surface area (Å²) in [6.45, 7) is 4.42. The Morgan fingerprint density at radius 2 is 2.07 bits per heavy atom. The van der Waals surface area contributed by atoms with Gasteiger partial charge in [-0.25, -0.2) is 0 Å². The van der Waals surface area contributed by atoms with Crippen LogP contribution in [0.5, 0.6) is 0 Å². The zero-order valence-electron chi connectivity index (χ0n) is 9.08. The molecule has 3 heteroatoms. The molecule has 0 aliphatic carbocycles. The zero-order valence-corrected chi connectivity index (χ0v) is 9.08. The molecule has 2 N–H and O–H groups in total. The van der Waals surface area contributed by atoms with Crippen molar-refractivity contribution in [3.63, 3.8) is 0 Å². The Balaban J connectivity index is 2.43. The van der Waals surface area contributed by atoms with Crippen LogP contribution in [0.1, 0.15) is 12.5 Å². The second kappa shape index (κ2) is 5.86. The lowest BCUT2D eigenvalue weighted by atomic mass is 10.2. The molecule has 0 aliphatic heterocycles. The van der Waals surface area contributed by atoms with E-state index in [1.165, 1.54) is 5.56 Å². The van der Waals surface area contributed by atoms with Crippen LogP contribution < -0.4 is 5.32 Å². The number of rotatable bonds is 4. The first-order valence-corrected chi connectivity index (χ1v) is 4.93. The normalized spacial score (nSPS) is 10.3. The van der Waals surface area contributed by atoms with Gasteiger partial charge in [-0.2, -0.15) is 0 Å². The highest BCUT2D eigenvalue weighted by molar-refractivity contribution is 5.85. The van der Waals surface area contributed by atoms with E-state index in [1.54, 1.807) is 12.3 Å². The summed E-state index contributed by atoms with van der Waals surface area (Å²) >= 11 is 0. The minimum absolute atomic E-state index is 0.164. The highest BCUT2D eigenvalue weighted by atomic mass is 16.5. The fourth-order valence-corrected chi connectivity index (χ4v) is 1.07. The maximum absolute atomic E-state index is 7.34. The first-order chi connectivity index (χ1) is 7.22. The lowest BCUT2D eigenvalue weighted by Gasteiger charge is -2.01. The van der Waals surface area contributed by atoms with Crippen molar-refractivity contribution in [2.75, 3.05) is 11.9 Å². The van der Waals surface area contributed by atoms with Gasteiger partial charge >= 0.3 is 0 Å². The van der Waals surface area contributed by atoms with E-state index in [0.717, 1.165) is 5.69 Å². The summed E-state index contributed by atoms with van der Waals surface area (Å²) < 4.78 is 4.96. The minimum Gasteiger partial charge on any atom is -0.478 e. The van der Waals surface area contributed by atoms with Crippen LogP contribution in [0.3, 0.4) is 0 Å². The molecule has 0 aliphatic rings. The Labute approximate surface area is 90.3 Å². The van der Waals surface area contributed by atoms with E-state index >= 15 is 0 Å². The van der Waals surface area contributed by atoms with Crippen LogP contribution >= 0.6 is 0 Å². The molecule has 0 heterocycles. The zero-order chi connectivity index (χ0) is 11.1. The maximum Gasteiger partial charge on any atom is 0.207 e. The molecule has 80 valence electrons. The molecule has 0 aromatic heterocycles. The van der Waals surface area contributed by atoms with Gasteiger partial charge in [0.1, 0.15) is 0 Å². The van der Waals surface area contributed by atoms with Crippen molar-refractivity contribution in [2.24, 2.45) is 0 Å². The molecule has 0 atom stereocenters. The summed E-state index contributed by atoms with van der Waals surface area (Å²) in [6.07, 6.45) is 3.28. The molecule has 1 rings (SSSR count). The van der Waals surface area contributed by atoms with Gasteiger partial charge in [0.2, 0.25) is 5.90 Å². The number of hydrogen-bond acceptors (Lipinski definition) is 3. The SMILES string of the molecule is CCOC(=N)/C=C\Nc1ccc(C)cc1. The van der Waals surface area contributed by atoms with Crippen LogP contribution in [0.4, 0.5) is 5.69 Å². The molecule has 15 heavy (non-hydrogen) atoms. The van der Waals surface area contributed by atoms with Gasteiger partial charge in [-0.1, -0.05) is 17.7 Å². The summed E-state index contributed by atoms with van der Waals surface area (Å²) in [7, 11) is 0. The molecule has 1 aromatic carbocycles. The summed E-state index contributed by atoms with van der Waals surface area (Å²) in [5, 5.41) is 10.4. The largest absolute Gasteiger partial charge is 0.478 e. The third-order valence-corrected chi connectivity index (χ3v) is 1.84. The Bertz CT molecular complexity index is 341. The molecule has 0 amide bonds. The van der Waals surface area contributed by atoms with Gasteiger partial charge in [0.05, 0.1) is 6.61 Å². The van der Waals surface area contributed by atoms with Crippen LogP contribution in [0, 0.1) is 12.3 Å². The van der Waals surface area contributed by atoms with Crippen molar-refractivity contribution < 1.29 is 4.74 Å². The Hall–Kier alpha value is -1.77. The Morgan fingerprint density at radius 3 is 2.67 bits per heavy atom. The van der Waals surface area contributed by atoms with Gasteiger partial charge in [-0.15, -0.1) is 0 Å². The van der Waals surface area contributed by atoms with Crippen LogP contribution in [-0.4, -0.2) is 12.5 Å². The average Bonchev–Trinajstić information content (AvgIpc) is 2.21. The molecule has 1 aromatic rings. The highest BCUT2D eigenvalue weighted by Gasteiger charge is 1.89. The molecule has 3 nitrogen and oxygen atoms in total. The third kappa shape index (κ3) is 4.31. The lowest BCUT2D eigenvalue weighted by Crippen LogP contribution is -1.99. The van der Waals surface area contributed by atoms with Crippen molar-refractivity contribution in [2.45, 2.75) is 13.8 Å². The third-order valence-electron chi connectivity index (χ3n) is 1.84. The average molecular weight is 204 g/mol. The predicted molar refractivity (Wildman–Crippen MR) is 63.3 cm³/mol. The number of aryl methyl sites for hydroxylation is 1. The van der Waals surface area contributed by atoms with Crippen LogP contribution in [0.25, 0.3) is 0 Å². The van der Waals surface area contributed by atoms with Gasteiger partial charge < -0.3 is 10.1 Å². The van der Waals surface area contributed by atoms with Crippen molar-refractivity contribution >= 4 is 11.6 Å². The minimum atomic E-state index is 0.164. The number of benzene rings is 1. The highest BCUT2D eigenvalue weighted by Crippen LogP contribution is 2.07. The number of nitrogens with one attached hydrogen (secondary N) is 2. The Morgan fingerprint density at radius 1 is 1.40 bits per heavy atom. The smallest absolute Gasteiger partial charge is 0.207 e. The summed E-state index contributed by atoms with van der Waals surface area (Å²) in [6, 6.07) is 8.04. The van der Waals surface area contributed by atoms with Gasteiger partial charge in [0, 0.05) is 18.0 Å². The number of hydrogen-bond donors (Lipinski definition) is 2. The summed E-state index contributed by atoms with van der Waals surface area (Å²) in [4.78, 5) is 0. The molecule has 0 saturated heterocycles. The monoisotopic (exact) mass is 204 g/mol. The molecule has 0 fully saturated rings. The van der Waals surface area contributed by atoms with E-state index in [4.69, 9.17) is 10.1 Å². The quantitative estimate of drug-likeness (QED) is 0.585. The molecule has 0 bridgehead atoms. The molecule has 0 spiro atoms. The standard InChI is InChI=1S/C12H16N2O/c1-3-15-12(13)8-9-14-11-6-4-10(2)5-7-11/h4-9,13-14H,3H2,1-2H3/b9-8-,13-12?. The van der Waals surface area contributed by atoms with Crippen LogP contribution in [0.2, 0.25) is 0 Å². The summed E-state index contributed by atoms with van der Waals surface area (Å²) in [5.74, 6) is 0.164. The van der Waals surface area contributed by atoms with Crippen molar-refractivity contribution in [1.82, 2.24) is 0 Å². The van der Waals surface area contributed by atoms with E-state index in [9.17, 15) is 0 Å². The van der Waals surface area contributed by atoms with E-state index in [-0.39, 0.29) is 5.90 Å². The Kier molecular flexibility index (Phi) is 4.41. The second-order valence-electron chi connectivity index (χ2n) is 3.14. The van der Waals surface area contributed by atoms with Crippen LogP contribution in [0.15, 0.2) is 36.5 Å². The molecular formula is C12H16N2O. The van der Waals surface area contributed by atoms with E-state index in [0.29, 0.717) is 6.61 Å². The van der Waals surface area contributed by atoms with Crippen molar-refractivity contribution in [3.8, 4) is 0 Å². The van der Waals surface area contributed by atoms with Crippen molar-refractivity contribution in [1.29, 1.82) is 5.41 Å². The van der Waals surface area contributed by atoms with Gasteiger partial charge in [-0.3, -0.25) is 5.41 Å². The van der Waals surface area contributed by atoms with E-state index in [1.807, 2.05) is 38.1 Å². The molecule has 0 unspecified atom stereocenters. The van der Waals surface area contributed by atoms with Gasteiger partial charge in [0.25, 0.3) is 0 Å². The van der Waals surface area contributed by atoms with Gasteiger partial charge in [0.15, 0.2) is 0 Å². The van der Waals surface area contributed by atoms with E-state index in [2.05, 4.69) is 5.32 Å². The predicted octanol–water partition coefficient (Wildman–Crippen LogP) is 2.93. The second-order valence-corrected chi connectivity index (χ2v) is 3.14. The first-order valence-electron chi connectivity index (χ1n) is 4.93. The van der Waals surface area contributed by atoms with Crippen LogP contribution in [-0.2, 0) is 4.74 Å². The lowest BCUT2D eigenvalue weighted by molar-refractivity contribution is 0.327.